The molecular weight excluding hydrogens is 620 g/mol. The maximum atomic E-state index is 12.1. The van der Waals surface area contributed by atoms with Crippen LogP contribution in [0.4, 0.5) is 0 Å². The highest BCUT2D eigenvalue weighted by Gasteiger charge is 2.15. The zero-order valence-corrected chi connectivity index (χ0v) is 31.3. The minimum atomic E-state index is -0.840. The number of hydrogen-bond acceptors (Lipinski definition) is 5. The highest BCUT2D eigenvalue weighted by atomic mass is 16.6. The molecule has 0 amide bonds. The van der Waals surface area contributed by atoms with E-state index >= 15 is 0 Å². The van der Waals surface area contributed by atoms with Crippen LogP contribution in [0.5, 0.6) is 0 Å². The third-order valence-electron chi connectivity index (χ3n) is 7.25. The quantitative estimate of drug-likeness (QED) is 0.0433. The van der Waals surface area contributed by atoms with Crippen molar-refractivity contribution >= 4 is 11.9 Å². The van der Waals surface area contributed by atoms with Crippen LogP contribution in [0.3, 0.4) is 0 Å². The van der Waals surface area contributed by atoms with Gasteiger partial charge in [-0.1, -0.05) is 148 Å². The number of hydrogen-bond donors (Lipinski definition) is 1. The van der Waals surface area contributed by atoms with Crippen LogP contribution >= 0.6 is 0 Å². The molecule has 0 saturated carbocycles. The van der Waals surface area contributed by atoms with E-state index in [0.29, 0.717) is 12.8 Å². The summed E-state index contributed by atoms with van der Waals surface area (Å²) >= 11 is 0. The Morgan fingerprint density at radius 1 is 0.480 bits per heavy atom. The van der Waals surface area contributed by atoms with E-state index in [4.69, 9.17) is 9.47 Å². The summed E-state index contributed by atoms with van der Waals surface area (Å²) in [6.07, 6.45) is 58.4. The van der Waals surface area contributed by atoms with Gasteiger partial charge in [0.1, 0.15) is 6.61 Å². The van der Waals surface area contributed by atoms with Gasteiger partial charge in [-0.05, 0) is 89.9 Å². The normalized spacial score (nSPS) is 13.6. The fourth-order valence-corrected chi connectivity index (χ4v) is 4.39. The van der Waals surface area contributed by atoms with Crippen molar-refractivity contribution in [3.8, 4) is 0 Å². The SMILES string of the molecule is CC/C=C\C/C=C\C/C=C\C/C=C\C/C=C\CCCC(=O)O[C@@H](CO)COC(=O)CC/C=C\C/C=C\C/C=C\C/C=C\C/C=C\CCCCC. The molecule has 5 heteroatoms. The van der Waals surface area contributed by atoms with E-state index < -0.39 is 12.1 Å². The lowest BCUT2D eigenvalue weighted by molar-refractivity contribution is -0.161. The van der Waals surface area contributed by atoms with Gasteiger partial charge >= 0.3 is 11.9 Å². The molecule has 0 heterocycles. The first-order chi connectivity index (χ1) is 24.6. The number of carbonyl (C=O) groups is 2. The fraction of sp³-hybridized carbons (Fsp3) is 0.511. The monoisotopic (exact) mass is 689 g/mol. The lowest BCUT2D eigenvalue weighted by Crippen LogP contribution is -2.28. The highest BCUT2D eigenvalue weighted by molar-refractivity contribution is 5.70. The summed E-state index contributed by atoms with van der Waals surface area (Å²) < 4.78 is 10.5. The average molecular weight is 689 g/mol. The molecule has 0 fully saturated rings. The summed E-state index contributed by atoms with van der Waals surface area (Å²) in [5, 5.41) is 9.53. The van der Waals surface area contributed by atoms with Crippen LogP contribution in [0.2, 0.25) is 0 Å². The molecule has 1 atom stereocenters. The number of unbranched alkanes of at least 4 members (excludes halogenated alkanes) is 4. The van der Waals surface area contributed by atoms with Gasteiger partial charge in [-0.25, -0.2) is 0 Å². The Labute approximate surface area is 305 Å². The van der Waals surface area contributed by atoms with E-state index in [2.05, 4.69) is 123 Å². The molecule has 0 rings (SSSR count). The molecule has 50 heavy (non-hydrogen) atoms. The Hall–Kier alpha value is -3.70. The van der Waals surface area contributed by atoms with Crippen LogP contribution in [0.25, 0.3) is 0 Å². The molecule has 0 aliphatic heterocycles. The molecule has 5 nitrogen and oxygen atoms in total. The Balaban J connectivity index is 3.84. The summed E-state index contributed by atoms with van der Waals surface area (Å²) in [5.74, 6) is -0.771. The minimum absolute atomic E-state index is 0.137. The maximum absolute atomic E-state index is 12.1. The molecule has 1 N–H and O–H groups in total. The molecule has 0 saturated heterocycles. The Kier molecular flexibility index (Phi) is 36.8. The first kappa shape index (κ1) is 46.3. The zero-order chi connectivity index (χ0) is 36.4. The molecule has 278 valence electrons. The zero-order valence-electron chi connectivity index (χ0n) is 31.3. The van der Waals surface area contributed by atoms with Crippen LogP contribution in [-0.4, -0.2) is 36.4 Å². The second-order valence-electron chi connectivity index (χ2n) is 11.9. The summed E-state index contributed by atoms with van der Waals surface area (Å²) in [6.45, 7) is 3.85. The van der Waals surface area contributed by atoms with E-state index in [9.17, 15) is 14.7 Å². The van der Waals surface area contributed by atoms with Gasteiger partial charge in [0.05, 0.1) is 6.61 Å². The molecule has 0 aromatic heterocycles. The van der Waals surface area contributed by atoms with Crippen LogP contribution < -0.4 is 0 Å². The van der Waals surface area contributed by atoms with Crippen molar-refractivity contribution in [1.82, 2.24) is 0 Å². The second-order valence-corrected chi connectivity index (χ2v) is 11.9. The molecule has 0 aromatic carbocycles. The van der Waals surface area contributed by atoms with Gasteiger partial charge in [-0.2, -0.15) is 0 Å². The van der Waals surface area contributed by atoms with Crippen molar-refractivity contribution in [3.05, 3.63) is 122 Å². The number of carbonyl (C=O) groups excluding carboxylic acids is 2. The van der Waals surface area contributed by atoms with Gasteiger partial charge in [0, 0.05) is 12.8 Å². The van der Waals surface area contributed by atoms with Gasteiger partial charge in [-0.3, -0.25) is 9.59 Å². The molecule has 0 radical (unpaired) electrons. The molecule has 0 aliphatic carbocycles. The van der Waals surface area contributed by atoms with Crippen LogP contribution in [0.1, 0.15) is 129 Å². The molecule has 0 spiro atoms. The summed E-state index contributed by atoms with van der Waals surface area (Å²) in [7, 11) is 0. The third kappa shape index (κ3) is 37.1. The lowest BCUT2D eigenvalue weighted by Gasteiger charge is -2.15. The maximum Gasteiger partial charge on any atom is 0.306 e. The van der Waals surface area contributed by atoms with E-state index in [1.54, 1.807) is 0 Å². The largest absolute Gasteiger partial charge is 0.462 e. The first-order valence-corrected chi connectivity index (χ1v) is 19.1. The van der Waals surface area contributed by atoms with Crippen molar-refractivity contribution in [2.75, 3.05) is 13.2 Å². The number of ether oxygens (including phenoxy) is 2. The number of esters is 2. The molecular formula is C45H68O5. The van der Waals surface area contributed by atoms with Gasteiger partial charge in [0.15, 0.2) is 6.10 Å². The predicted molar refractivity (Wildman–Crippen MR) is 214 cm³/mol. The molecule has 0 aliphatic rings. The van der Waals surface area contributed by atoms with Crippen molar-refractivity contribution in [2.24, 2.45) is 0 Å². The summed E-state index contributed by atoms with van der Waals surface area (Å²) in [5.41, 5.74) is 0. The summed E-state index contributed by atoms with van der Waals surface area (Å²) in [6, 6.07) is 0. The molecule has 0 aromatic rings. The summed E-state index contributed by atoms with van der Waals surface area (Å²) in [4.78, 5) is 24.2. The number of aliphatic hydroxyl groups is 1. The average Bonchev–Trinajstić information content (AvgIpc) is 3.12. The van der Waals surface area contributed by atoms with E-state index in [0.717, 1.165) is 64.2 Å². The van der Waals surface area contributed by atoms with Crippen molar-refractivity contribution in [3.63, 3.8) is 0 Å². The Bertz CT molecular complexity index is 1100. The van der Waals surface area contributed by atoms with Gasteiger partial charge in [-0.15, -0.1) is 0 Å². The first-order valence-electron chi connectivity index (χ1n) is 19.1. The second kappa shape index (κ2) is 39.7. The molecule has 0 unspecified atom stereocenters. The van der Waals surface area contributed by atoms with Crippen molar-refractivity contribution < 1.29 is 24.2 Å². The minimum Gasteiger partial charge on any atom is -0.462 e. The molecule has 0 bridgehead atoms. The van der Waals surface area contributed by atoms with Crippen molar-refractivity contribution in [2.45, 2.75) is 136 Å². The Morgan fingerprint density at radius 3 is 1.30 bits per heavy atom. The van der Waals surface area contributed by atoms with Gasteiger partial charge in [0.25, 0.3) is 0 Å². The topological polar surface area (TPSA) is 72.8 Å². The number of aliphatic hydroxyl groups excluding tert-OH is 1. The number of rotatable bonds is 32. The Morgan fingerprint density at radius 2 is 0.880 bits per heavy atom. The lowest BCUT2D eigenvalue weighted by atomic mass is 10.2. The fourth-order valence-electron chi connectivity index (χ4n) is 4.39. The van der Waals surface area contributed by atoms with Gasteiger partial charge < -0.3 is 14.6 Å². The van der Waals surface area contributed by atoms with E-state index in [1.807, 2.05) is 12.2 Å². The van der Waals surface area contributed by atoms with Crippen molar-refractivity contribution in [1.29, 1.82) is 0 Å². The van der Waals surface area contributed by atoms with E-state index in [1.165, 1.54) is 25.7 Å². The predicted octanol–water partition coefficient (Wildman–Crippen LogP) is 12.1. The smallest absolute Gasteiger partial charge is 0.306 e. The number of allylic oxidation sites excluding steroid dienone is 20. The van der Waals surface area contributed by atoms with Crippen LogP contribution in [0.15, 0.2) is 122 Å². The van der Waals surface area contributed by atoms with Gasteiger partial charge in [0.2, 0.25) is 0 Å². The standard InChI is InChI=1S/C45H68O5/c1-3-5-7-9-11-13-15-17-19-21-22-24-25-27-29-31-33-35-37-39-44(47)49-42-43(41-46)50-45(48)40-38-36-34-32-30-28-26-23-20-18-16-14-12-10-8-6-4-2/h6,8,11-14,17-20,22,24,26-29,32-35,43,46H,3-5,7,9-10,15-16,21,23,25,30-31,36-42H2,1-2H3/b8-6-,13-11-,14-12-,19-17-,20-18-,24-22-,28-26-,29-27-,34-32-,35-33-/t43-/m0/s1. The highest BCUT2D eigenvalue weighted by Crippen LogP contribution is 2.05. The van der Waals surface area contributed by atoms with E-state index in [-0.39, 0.29) is 32.0 Å². The van der Waals surface area contributed by atoms with Crippen LogP contribution in [0, 0.1) is 0 Å². The van der Waals surface area contributed by atoms with Crippen LogP contribution in [-0.2, 0) is 19.1 Å². The third-order valence-corrected chi connectivity index (χ3v) is 7.25.